The Hall–Kier alpha value is -1.24. The molecule has 6 heteroatoms. The van der Waals surface area contributed by atoms with Gasteiger partial charge in [-0.2, -0.15) is 0 Å². The molecule has 136 valence electrons. The van der Waals surface area contributed by atoms with Crippen LogP contribution in [-0.4, -0.2) is 45.9 Å². The Labute approximate surface area is 146 Å². The van der Waals surface area contributed by atoms with Gasteiger partial charge in [0, 0.05) is 24.9 Å². The summed E-state index contributed by atoms with van der Waals surface area (Å²) in [5, 5.41) is 13.6. The number of rotatable bonds is 7. The molecule has 0 aromatic heterocycles. The first-order valence-corrected chi connectivity index (χ1v) is 11.6. The van der Waals surface area contributed by atoms with Crippen LogP contribution < -0.4 is 14.8 Å². The van der Waals surface area contributed by atoms with E-state index in [2.05, 4.69) is 39.2 Å². The molecular formula is C18H31NO4Si. The number of hydrogen-bond donors (Lipinski definition) is 2. The molecule has 0 saturated carbocycles. The summed E-state index contributed by atoms with van der Waals surface area (Å²) in [5.74, 6) is 1.53. The summed E-state index contributed by atoms with van der Waals surface area (Å²) < 4.78 is 17.2. The van der Waals surface area contributed by atoms with Crippen LogP contribution in [0.5, 0.6) is 11.5 Å². The van der Waals surface area contributed by atoms with Crippen molar-refractivity contribution in [3.63, 3.8) is 0 Å². The first kappa shape index (κ1) is 19.1. The third-order valence-corrected chi connectivity index (χ3v) is 9.34. The quantitative estimate of drug-likeness (QED) is 0.733. The third kappa shape index (κ3) is 5.13. The average molecular weight is 354 g/mol. The molecule has 1 aliphatic heterocycles. The monoisotopic (exact) mass is 353 g/mol. The Morgan fingerprint density at radius 1 is 1.21 bits per heavy atom. The van der Waals surface area contributed by atoms with Gasteiger partial charge in [0.25, 0.3) is 0 Å². The zero-order valence-electron chi connectivity index (χ0n) is 15.5. The van der Waals surface area contributed by atoms with Crippen molar-refractivity contribution in [2.45, 2.75) is 51.4 Å². The van der Waals surface area contributed by atoms with E-state index in [9.17, 15) is 5.11 Å². The lowest BCUT2D eigenvalue weighted by molar-refractivity contribution is 0.145. The predicted molar refractivity (Wildman–Crippen MR) is 99.7 cm³/mol. The maximum absolute atomic E-state index is 10.2. The van der Waals surface area contributed by atoms with E-state index in [1.54, 1.807) is 0 Å². The topological polar surface area (TPSA) is 60.0 Å². The molecule has 0 bridgehead atoms. The molecule has 1 aromatic carbocycles. The van der Waals surface area contributed by atoms with Crippen LogP contribution in [0.3, 0.4) is 0 Å². The van der Waals surface area contributed by atoms with Crippen molar-refractivity contribution in [3.05, 3.63) is 18.2 Å². The van der Waals surface area contributed by atoms with Crippen LogP contribution in [0.1, 0.15) is 27.2 Å². The predicted octanol–water partition coefficient (Wildman–Crippen LogP) is 3.64. The zero-order valence-corrected chi connectivity index (χ0v) is 16.5. The molecule has 0 spiro atoms. The number of hydrogen-bond acceptors (Lipinski definition) is 5. The Kier molecular flexibility index (Phi) is 6.17. The van der Waals surface area contributed by atoms with E-state index in [0.717, 1.165) is 17.2 Å². The van der Waals surface area contributed by atoms with Crippen LogP contribution in [0.15, 0.2) is 18.2 Å². The van der Waals surface area contributed by atoms with E-state index >= 15 is 0 Å². The first-order valence-electron chi connectivity index (χ1n) is 8.64. The number of nitrogens with one attached hydrogen (secondary N) is 1. The number of benzene rings is 1. The smallest absolute Gasteiger partial charge is 0.191 e. The summed E-state index contributed by atoms with van der Waals surface area (Å²) in [5.41, 5.74) is 0.920. The van der Waals surface area contributed by atoms with Gasteiger partial charge in [-0.3, -0.25) is 0 Å². The van der Waals surface area contributed by atoms with E-state index in [0.29, 0.717) is 32.8 Å². The Balaban J connectivity index is 1.74. The SMILES string of the molecule is CC(C)(C)[Si](C)(C)OCCC(O)CNc1ccc2c(c1)OCCO2. The fourth-order valence-corrected chi connectivity index (χ4v) is 3.22. The summed E-state index contributed by atoms with van der Waals surface area (Å²) in [6, 6.07) is 5.74. The molecule has 1 heterocycles. The van der Waals surface area contributed by atoms with Gasteiger partial charge in [0.15, 0.2) is 19.8 Å². The molecule has 1 aromatic rings. The average Bonchev–Trinajstić information content (AvgIpc) is 2.51. The normalized spacial score (nSPS) is 15.9. The van der Waals surface area contributed by atoms with Crippen LogP contribution in [-0.2, 0) is 4.43 Å². The second-order valence-corrected chi connectivity index (χ2v) is 12.6. The minimum absolute atomic E-state index is 0.196. The summed E-state index contributed by atoms with van der Waals surface area (Å²) in [6.07, 6.45) is 0.187. The summed E-state index contributed by atoms with van der Waals surface area (Å²) in [6.45, 7) is 13.4. The zero-order chi connectivity index (χ0) is 17.8. The van der Waals surface area contributed by atoms with Gasteiger partial charge >= 0.3 is 0 Å². The van der Waals surface area contributed by atoms with Gasteiger partial charge in [0.05, 0.1) is 6.10 Å². The molecule has 0 amide bonds. The fourth-order valence-electron chi connectivity index (χ4n) is 2.16. The molecule has 5 nitrogen and oxygen atoms in total. The van der Waals surface area contributed by atoms with Crippen LogP contribution in [0, 0.1) is 0 Å². The number of fused-ring (bicyclic) bond motifs is 1. The minimum atomic E-state index is -1.74. The fraction of sp³-hybridized carbons (Fsp3) is 0.667. The maximum Gasteiger partial charge on any atom is 0.191 e. The van der Waals surface area contributed by atoms with Gasteiger partial charge in [0.2, 0.25) is 0 Å². The van der Waals surface area contributed by atoms with E-state index < -0.39 is 14.4 Å². The second kappa shape index (κ2) is 7.76. The van der Waals surface area contributed by atoms with E-state index in [1.807, 2.05) is 18.2 Å². The molecule has 0 fully saturated rings. The molecule has 0 saturated heterocycles. The van der Waals surface area contributed by atoms with Crippen molar-refractivity contribution in [2.24, 2.45) is 0 Å². The summed E-state index contributed by atoms with van der Waals surface area (Å²) in [7, 11) is -1.74. The van der Waals surface area contributed by atoms with Gasteiger partial charge in [-0.1, -0.05) is 20.8 Å². The van der Waals surface area contributed by atoms with E-state index in [1.165, 1.54) is 0 Å². The van der Waals surface area contributed by atoms with Crippen LogP contribution >= 0.6 is 0 Å². The highest BCUT2D eigenvalue weighted by Crippen LogP contribution is 2.36. The van der Waals surface area contributed by atoms with E-state index in [4.69, 9.17) is 13.9 Å². The molecule has 0 aliphatic carbocycles. The first-order chi connectivity index (χ1) is 11.2. The van der Waals surface area contributed by atoms with Crippen molar-refractivity contribution in [1.29, 1.82) is 0 Å². The summed E-state index contributed by atoms with van der Waals surface area (Å²) in [4.78, 5) is 0. The maximum atomic E-state index is 10.2. The minimum Gasteiger partial charge on any atom is -0.486 e. The van der Waals surface area contributed by atoms with Crippen molar-refractivity contribution in [3.8, 4) is 11.5 Å². The Bertz CT molecular complexity index is 542. The third-order valence-electron chi connectivity index (χ3n) is 4.80. The van der Waals surface area contributed by atoms with Crippen molar-refractivity contribution >= 4 is 14.0 Å². The van der Waals surface area contributed by atoms with E-state index in [-0.39, 0.29) is 5.04 Å². The van der Waals surface area contributed by atoms with Crippen molar-refractivity contribution < 1.29 is 19.0 Å². The van der Waals surface area contributed by atoms with Crippen molar-refractivity contribution in [2.75, 3.05) is 31.7 Å². The van der Waals surface area contributed by atoms with Crippen LogP contribution in [0.4, 0.5) is 5.69 Å². The van der Waals surface area contributed by atoms with Crippen LogP contribution in [0.2, 0.25) is 18.1 Å². The highest BCUT2D eigenvalue weighted by Gasteiger charge is 2.36. The molecule has 1 atom stereocenters. The largest absolute Gasteiger partial charge is 0.486 e. The lowest BCUT2D eigenvalue weighted by Crippen LogP contribution is -2.41. The highest BCUT2D eigenvalue weighted by molar-refractivity contribution is 6.74. The Morgan fingerprint density at radius 2 is 1.88 bits per heavy atom. The number of ether oxygens (including phenoxy) is 2. The molecular weight excluding hydrogens is 322 g/mol. The Morgan fingerprint density at radius 3 is 2.54 bits per heavy atom. The molecule has 1 aliphatic rings. The summed E-state index contributed by atoms with van der Waals surface area (Å²) >= 11 is 0. The molecule has 2 rings (SSSR count). The highest BCUT2D eigenvalue weighted by atomic mass is 28.4. The van der Waals surface area contributed by atoms with Crippen LogP contribution in [0.25, 0.3) is 0 Å². The van der Waals surface area contributed by atoms with Gasteiger partial charge < -0.3 is 24.3 Å². The second-order valence-electron chi connectivity index (χ2n) is 7.79. The van der Waals surface area contributed by atoms with Gasteiger partial charge in [-0.15, -0.1) is 0 Å². The molecule has 2 N–H and O–H groups in total. The molecule has 0 radical (unpaired) electrons. The number of anilines is 1. The number of aliphatic hydroxyl groups excluding tert-OH is 1. The molecule has 24 heavy (non-hydrogen) atoms. The standard InChI is InChI=1S/C18H31NO4Si/c1-18(2,3)24(4,5)23-9-8-15(20)13-19-14-6-7-16-17(12-14)22-11-10-21-16/h6-7,12,15,19-20H,8-11,13H2,1-5H3. The van der Waals surface area contributed by atoms with Gasteiger partial charge in [-0.25, -0.2) is 0 Å². The van der Waals surface area contributed by atoms with Gasteiger partial charge in [0.1, 0.15) is 13.2 Å². The van der Waals surface area contributed by atoms with Crippen molar-refractivity contribution in [1.82, 2.24) is 0 Å². The van der Waals surface area contributed by atoms with Gasteiger partial charge in [-0.05, 0) is 36.7 Å². The molecule has 1 unspecified atom stereocenters. The lowest BCUT2D eigenvalue weighted by atomic mass is 10.2. The lowest BCUT2D eigenvalue weighted by Gasteiger charge is -2.36. The number of aliphatic hydroxyl groups is 1.